The van der Waals surface area contributed by atoms with Gasteiger partial charge in [0, 0.05) is 23.2 Å². The average molecular weight is 280 g/mol. The van der Waals surface area contributed by atoms with Gasteiger partial charge in [0.25, 0.3) is 0 Å². The Kier molecular flexibility index (Phi) is 2.21. The molecule has 1 amide bonds. The summed E-state index contributed by atoms with van der Waals surface area (Å²) in [6.45, 7) is 0.725. The van der Waals surface area contributed by atoms with Crippen LogP contribution in [0.2, 0.25) is 0 Å². The third-order valence-electron chi connectivity index (χ3n) is 2.83. The summed E-state index contributed by atoms with van der Waals surface area (Å²) < 4.78 is 0. The van der Waals surface area contributed by atoms with Crippen LogP contribution in [0.4, 0.5) is 5.69 Å². The quantitative estimate of drug-likeness (QED) is 0.813. The minimum atomic E-state index is 0.163. The topological polar surface area (TPSA) is 49.0 Å². The van der Waals surface area contributed by atoms with Gasteiger partial charge in [-0.1, -0.05) is 22.0 Å². The summed E-state index contributed by atoms with van der Waals surface area (Å²) in [4.78, 5) is 13.9. The third-order valence-corrected chi connectivity index (χ3v) is 3.44. The Bertz CT molecular complexity index is 551. The van der Waals surface area contributed by atoms with Crippen molar-refractivity contribution in [1.82, 2.24) is 10.2 Å². The number of aromatic nitrogens is 2. The summed E-state index contributed by atoms with van der Waals surface area (Å²) in [7, 11) is 0. The van der Waals surface area contributed by atoms with Crippen LogP contribution in [-0.2, 0) is 4.79 Å². The van der Waals surface area contributed by atoms with Gasteiger partial charge in [-0.3, -0.25) is 9.89 Å². The standard InChI is InChI=1S/C11H10BrN3O/c12-7-4-11(16)15(6-7)10-3-1-2-9-8(10)5-13-14-9/h1-3,5,7H,4,6H2,(H,13,14). The van der Waals surface area contributed by atoms with E-state index in [0.717, 1.165) is 23.1 Å². The molecule has 2 heterocycles. The lowest BCUT2D eigenvalue weighted by atomic mass is 10.2. The lowest BCUT2D eigenvalue weighted by molar-refractivity contribution is -0.117. The molecule has 0 radical (unpaired) electrons. The molecule has 82 valence electrons. The summed E-state index contributed by atoms with van der Waals surface area (Å²) in [5, 5.41) is 7.91. The third kappa shape index (κ3) is 1.43. The first kappa shape index (κ1) is 9.84. The van der Waals surface area contributed by atoms with Gasteiger partial charge in [0.05, 0.1) is 17.4 Å². The number of rotatable bonds is 1. The second-order valence-corrected chi connectivity index (χ2v) is 5.21. The summed E-state index contributed by atoms with van der Waals surface area (Å²) in [5.41, 5.74) is 1.90. The van der Waals surface area contributed by atoms with Crippen molar-refractivity contribution in [1.29, 1.82) is 0 Å². The zero-order valence-corrected chi connectivity index (χ0v) is 10.1. The number of amides is 1. The molecule has 0 spiro atoms. The maximum Gasteiger partial charge on any atom is 0.228 e. The number of nitrogens with one attached hydrogen (secondary N) is 1. The Morgan fingerprint density at radius 1 is 1.50 bits per heavy atom. The second-order valence-electron chi connectivity index (χ2n) is 3.91. The Morgan fingerprint density at radius 2 is 2.38 bits per heavy atom. The van der Waals surface area contributed by atoms with Crippen LogP contribution in [0.15, 0.2) is 24.4 Å². The van der Waals surface area contributed by atoms with E-state index in [0.29, 0.717) is 6.42 Å². The van der Waals surface area contributed by atoms with E-state index >= 15 is 0 Å². The number of hydrogen-bond acceptors (Lipinski definition) is 2. The van der Waals surface area contributed by atoms with Gasteiger partial charge < -0.3 is 4.90 Å². The molecule has 1 fully saturated rings. The van der Waals surface area contributed by atoms with Gasteiger partial charge in [-0.15, -0.1) is 0 Å². The van der Waals surface area contributed by atoms with Crippen molar-refractivity contribution in [3.05, 3.63) is 24.4 Å². The SMILES string of the molecule is O=C1CC(Br)CN1c1cccc2[nH]ncc12. The highest BCUT2D eigenvalue weighted by Gasteiger charge is 2.29. The zero-order valence-electron chi connectivity index (χ0n) is 8.48. The summed E-state index contributed by atoms with van der Waals surface area (Å²) >= 11 is 3.49. The molecule has 1 aliphatic rings. The molecule has 1 aromatic carbocycles. The fourth-order valence-corrected chi connectivity index (χ4v) is 2.65. The van der Waals surface area contributed by atoms with Crippen molar-refractivity contribution in [3.63, 3.8) is 0 Å². The number of halogens is 1. The first-order chi connectivity index (χ1) is 7.75. The Balaban J connectivity index is 2.12. The number of hydrogen-bond donors (Lipinski definition) is 1. The minimum absolute atomic E-state index is 0.163. The molecule has 3 rings (SSSR count). The zero-order chi connectivity index (χ0) is 11.1. The molecule has 2 aromatic rings. The molecule has 1 atom stereocenters. The van der Waals surface area contributed by atoms with Gasteiger partial charge in [-0.05, 0) is 12.1 Å². The number of anilines is 1. The Hall–Kier alpha value is -1.36. The van der Waals surface area contributed by atoms with Crippen LogP contribution >= 0.6 is 15.9 Å². The van der Waals surface area contributed by atoms with Gasteiger partial charge in [-0.25, -0.2) is 0 Å². The minimum Gasteiger partial charge on any atom is -0.311 e. The predicted molar refractivity (Wildman–Crippen MR) is 65.8 cm³/mol. The van der Waals surface area contributed by atoms with E-state index in [4.69, 9.17) is 0 Å². The van der Waals surface area contributed by atoms with Crippen LogP contribution in [0.1, 0.15) is 6.42 Å². The molecule has 4 nitrogen and oxygen atoms in total. The summed E-state index contributed by atoms with van der Waals surface area (Å²) in [6.07, 6.45) is 2.33. The summed E-state index contributed by atoms with van der Waals surface area (Å²) in [6, 6.07) is 5.85. The van der Waals surface area contributed by atoms with Gasteiger partial charge in [0.2, 0.25) is 5.91 Å². The highest BCUT2D eigenvalue weighted by molar-refractivity contribution is 9.09. The number of H-pyrrole nitrogens is 1. The lowest BCUT2D eigenvalue weighted by Crippen LogP contribution is -2.24. The molecule has 1 saturated heterocycles. The van der Waals surface area contributed by atoms with E-state index in [1.165, 1.54) is 0 Å². The van der Waals surface area contributed by atoms with Crippen LogP contribution < -0.4 is 4.90 Å². The number of carbonyl (C=O) groups excluding carboxylic acids is 1. The Labute approximate surface area is 101 Å². The number of nitrogens with zero attached hydrogens (tertiary/aromatic N) is 2. The van der Waals surface area contributed by atoms with Crippen molar-refractivity contribution < 1.29 is 4.79 Å². The molecule has 1 unspecified atom stereocenters. The van der Waals surface area contributed by atoms with E-state index in [9.17, 15) is 4.79 Å². The molecule has 0 saturated carbocycles. The lowest BCUT2D eigenvalue weighted by Gasteiger charge is -2.16. The molecular weight excluding hydrogens is 270 g/mol. The average Bonchev–Trinajstić information content (AvgIpc) is 2.84. The van der Waals surface area contributed by atoms with Gasteiger partial charge in [-0.2, -0.15) is 5.10 Å². The van der Waals surface area contributed by atoms with Crippen molar-refractivity contribution in [2.45, 2.75) is 11.2 Å². The Morgan fingerprint density at radius 3 is 3.12 bits per heavy atom. The summed E-state index contributed by atoms with van der Waals surface area (Å²) in [5.74, 6) is 0.163. The van der Waals surface area contributed by atoms with E-state index in [1.54, 1.807) is 6.20 Å². The number of aromatic amines is 1. The van der Waals surface area contributed by atoms with Gasteiger partial charge in [0.1, 0.15) is 0 Å². The second kappa shape index (κ2) is 3.59. The number of benzene rings is 1. The van der Waals surface area contributed by atoms with Crippen molar-refractivity contribution in [2.75, 3.05) is 11.4 Å². The fourth-order valence-electron chi connectivity index (χ4n) is 2.08. The van der Waals surface area contributed by atoms with Gasteiger partial charge in [0.15, 0.2) is 0 Å². The maximum absolute atomic E-state index is 11.8. The largest absolute Gasteiger partial charge is 0.311 e. The number of fused-ring (bicyclic) bond motifs is 1. The normalized spacial score (nSPS) is 20.9. The highest BCUT2D eigenvalue weighted by atomic mass is 79.9. The predicted octanol–water partition coefficient (Wildman–Crippen LogP) is 2.06. The van der Waals surface area contributed by atoms with E-state index in [1.807, 2.05) is 23.1 Å². The maximum atomic E-state index is 11.8. The van der Waals surface area contributed by atoms with Crippen molar-refractivity contribution >= 4 is 38.4 Å². The van der Waals surface area contributed by atoms with Crippen LogP contribution in [-0.4, -0.2) is 27.5 Å². The molecule has 1 N–H and O–H groups in total. The highest BCUT2D eigenvalue weighted by Crippen LogP contribution is 2.30. The molecule has 0 bridgehead atoms. The molecule has 1 aliphatic heterocycles. The van der Waals surface area contributed by atoms with Crippen molar-refractivity contribution in [3.8, 4) is 0 Å². The fraction of sp³-hybridized carbons (Fsp3) is 0.273. The first-order valence-electron chi connectivity index (χ1n) is 5.12. The smallest absolute Gasteiger partial charge is 0.228 e. The van der Waals surface area contributed by atoms with Crippen molar-refractivity contribution in [2.24, 2.45) is 0 Å². The monoisotopic (exact) mass is 279 g/mol. The molecular formula is C11H10BrN3O. The molecule has 1 aromatic heterocycles. The molecule has 5 heteroatoms. The van der Waals surface area contributed by atoms with E-state index in [-0.39, 0.29) is 10.7 Å². The van der Waals surface area contributed by atoms with Crippen LogP contribution in [0.3, 0.4) is 0 Å². The van der Waals surface area contributed by atoms with Gasteiger partial charge >= 0.3 is 0 Å². The van der Waals surface area contributed by atoms with Crippen LogP contribution in [0.5, 0.6) is 0 Å². The number of carbonyl (C=O) groups is 1. The number of alkyl halides is 1. The van der Waals surface area contributed by atoms with E-state index in [2.05, 4.69) is 26.1 Å². The van der Waals surface area contributed by atoms with Crippen LogP contribution in [0, 0.1) is 0 Å². The first-order valence-corrected chi connectivity index (χ1v) is 6.04. The molecule has 0 aliphatic carbocycles. The molecule has 16 heavy (non-hydrogen) atoms. The van der Waals surface area contributed by atoms with Crippen LogP contribution in [0.25, 0.3) is 10.9 Å². The van der Waals surface area contributed by atoms with E-state index < -0.39 is 0 Å².